The Bertz CT molecular complexity index is 699. The van der Waals surface area contributed by atoms with E-state index in [9.17, 15) is 9.59 Å². The maximum absolute atomic E-state index is 12.5. The van der Waals surface area contributed by atoms with Crippen LogP contribution >= 0.6 is 0 Å². The molecule has 0 radical (unpaired) electrons. The second-order valence-corrected chi connectivity index (χ2v) is 7.94. The summed E-state index contributed by atoms with van der Waals surface area (Å²) < 4.78 is 0. The topological polar surface area (TPSA) is 64.7 Å². The molecule has 6 heteroatoms. The van der Waals surface area contributed by atoms with E-state index >= 15 is 0 Å². The van der Waals surface area contributed by atoms with Crippen LogP contribution in [-0.2, 0) is 4.79 Å². The van der Waals surface area contributed by atoms with E-state index in [1.807, 2.05) is 18.2 Å². The lowest BCUT2D eigenvalue weighted by molar-refractivity contribution is -0.118. The van der Waals surface area contributed by atoms with Crippen molar-refractivity contribution >= 4 is 23.2 Å². The van der Waals surface area contributed by atoms with Gasteiger partial charge in [-0.05, 0) is 76.4 Å². The summed E-state index contributed by atoms with van der Waals surface area (Å²) >= 11 is 0. The van der Waals surface area contributed by atoms with E-state index in [4.69, 9.17) is 0 Å². The fraction of sp³-hybridized carbons (Fsp3) is 0.619. The molecule has 2 fully saturated rings. The molecule has 0 saturated carbocycles. The summed E-state index contributed by atoms with van der Waals surface area (Å²) in [4.78, 5) is 29.5. The van der Waals surface area contributed by atoms with Crippen LogP contribution in [0.3, 0.4) is 0 Å². The highest BCUT2D eigenvalue weighted by molar-refractivity contribution is 6.05. The molecule has 2 N–H and O–H groups in total. The second kappa shape index (κ2) is 8.30. The average molecular weight is 370 g/mol. The fourth-order valence-corrected chi connectivity index (χ4v) is 4.53. The number of hydrogen-bond acceptors (Lipinski definition) is 4. The van der Waals surface area contributed by atoms with Crippen molar-refractivity contribution in [2.45, 2.75) is 51.0 Å². The second-order valence-electron chi connectivity index (χ2n) is 7.94. The lowest BCUT2D eigenvalue weighted by Crippen LogP contribution is -2.50. The molecule has 1 aromatic carbocycles. The summed E-state index contributed by atoms with van der Waals surface area (Å²) in [6, 6.07) is 5.62. The number of anilines is 2. The molecule has 6 nitrogen and oxygen atoms in total. The van der Waals surface area contributed by atoms with Crippen LogP contribution in [0.15, 0.2) is 18.2 Å². The number of carbonyl (C=O) groups is 2. The zero-order valence-corrected chi connectivity index (χ0v) is 16.0. The lowest BCUT2D eigenvalue weighted by atomic mass is 9.97. The van der Waals surface area contributed by atoms with Crippen molar-refractivity contribution in [1.29, 1.82) is 0 Å². The summed E-state index contributed by atoms with van der Waals surface area (Å²) in [5.74, 6) is -0.00671. The average Bonchev–Trinajstić information content (AvgIpc) is 2.71. The van der Waals surface area contributed by atoms with Gasteiger partial charge in [-0.3, -0.25) is 9.59 Å². The van der Waals surface area contributed by atoms with Gasteiger partial charge in [0.05, 0.1) is 11.4 Å². The molecule has 0 spiro atoms. The number of hydrogen-bond donors (Lipinski definition) is 2. The molecule has 4 rings (SSSR count). The molecule has 0 bridgehead atoms. The number of fused-ring (bicyclic) bond motifs is 3. The molecule has 27 heavy (non-hydrogen) atoms. The highest BCUT2D eigenvalue weighted by atomic mass is 16.2. The molecule has 0 unspecified atom stereocenters. The van der Waals surface area contributed by atoms with E-state index in [1.54, 1.807) is 0 Å². The van der Waals surface area contributed by atoms with Crippen molar-refractivity contribution in [3.8, 4) is 0 Å². The van der Waals surface area contributed by atoms with Crippen molar-refractivity contribution < 1.29 is 9.59 Å². The smallest absolute Gasteiger partial charge is 0.251 e. The Hall–Kier alpha value is -2.08. The predicted octanol–water partition coefficient (Wildman–Crippen LogP) is 2.60. The van der Waals surface area contributed by atoms with Crippen LogP contribution in [0.2, 0.25) is 0 Å². The van der Waals surface area contributed by atoms with Crippen LogP contribution in [0.25, 0.3) is 0 Å². The van der Waals surface area contributed by atoms with E-state index in [0.717, 1.165) is 50.1 Å². The first-order valence-electron chi connectivity index (χ1n) is 10.4. The number of nitrogens with zero attached hydrogens (tertiary/aromatic N) is 2. The van der Waals surface area contributed by atoms with Gasteiger partial charge in [-0.25, -0.2) is 0 Å². The Morgan fingerprint density at radius 3 is 2.78 bits per heavy atom. The molecule has 0 aromatic heterocycles. The Balaban J connectivity index is 1.33. The summed E-state index contributed by atoms with van der Waals surface area (Å²) in [5, 5.41) is 6.02. The zero-order chi connectivity index (χ0) is 18.6. The van der Waals surface area contributed by atoms with Gasteiger partial charge in [0.1, 0.15) is 6.04 Å². The van der Waals surface area contributed by atoms with Crippen LogP contribution in [0.1, 0.15) is 55.3 Å². The summed E-state index contributed by atoms with van der Waals surface area (Å²) in [6.45, 7) is 5.03. The first kappa shape index (κ1) is 18.3. The number of piperidine rings is 2. The minimum Gasteiger partial charge on any atom is -0.358 e. The van der Waals surface area contributed by atoms with E-state index in [2.05, 4.69) is 20.4 Å². The van der Waals surface area contributed by atoms with E-state index in [-0.39, 0.29) is 17.9 Å². The fourth-order valence-electron chi connectivity index (χ4n) is 4.53. The largest absolute Gasteiger partial charge is 0.358 e. The molecule has 2 saturated heterocycles. The van der Waals surface area contributed by atoms with Gasteiger partial charge in [-0.2, -0.15) is 0 Å². The number of nitrogens with one attached hydrogen (secondary N) is 2. The van der Waals surface area contributed by atoms with Gasteiger partial charge < -0.3 is 20.4 Å². The zero-order valence-electron chi connectivity index (χ0n) is 16.0. The molecular weight excluding hydrogens is 340 g/mol. The van der Waals surface area contributed by atoms with Crippen LogP contribution in [0.4, 0.5) is 11.4 Å². The number of carbonyl (C=O) groups excluding carboxylic acids is 2. The normalized spacial score (nSPS) is 22.6. The maximum atomic E-state index is 12.5. The summed E-state index contributed by atoms with van der Waals surface area (Å²) in [5.41, 5.74) is 2.42. The SMILES string of the molecule is O=C(NCCCN1CCCCC1)c1ccc2c(c1)NC(=O)[C@H]1CCCCN21. The Morgan fingerprint density at radius 1 is 1.11 bits per heavy atom. The molecule has 3 heterocycles. The third kappa shape index (κ3) is 4.10. The third-order valence-electron chi connectivity index (χ3n) is 6.02. The Labute approximate surface area is 161 Å². The highest BCUT2D eigenvalue weighted by Crippen LogP contribution is 2.36. The van der Waals surface area contributed by atoms with Crippen molar-refractivity contribution in [2.75, 3.05) is 42.9 Å². The number of amides is 2. The monoisotopic (exact) mass is 370 g/mol. The maximum Gasteiger partial charge on any atom is 0.251 e. The summed E-state index contributed by atoms with van der Waals surface area (Å²) in [6.07, 6.45) is 8.04. The summed E-state index contributed by atoms with van der Waals surface area (Å²) in [7, 11) is 0. The molecule has 2 amide bonds. The molecule has 0 aliphatic carbocycles. The molecule has 3 aliphatic rings. The van der Waals surface area contributed by atoms with Crippen LogP contribution in [0, 0.1) is 0 Å². The van der Waals surface area contributed by atoms with E-state index < -0.39 is 0 Å². The van der Waals surface area contributed by atoms with Crippen LogP contribution in [-0.4, -0.2) is 55.5 Å². The van der Waals surface area contributed by atoms with Gasteiger partial charge in [0.2, 0.25) is 5.91 Å². The standard InChI is InChI=1S/C21H30N4O2/c26-20(22-10-6-13-24-11-3-1-4-12-24)16-8-9-18-17(15-16)23-21(27)19-7-2-5-14-25(18)19/h8-9,15,19H,1-7,10-14H2,(H,22,26)(H,23,27)/t19-/m1/s1. The predicted molar refractivity (Wildman–Crippen MR) is 107 cm³/mol. The van der Waals surface area contributed by atoms with Crippen LogP contribution < -0.4 is 15.5 Å². The Morgan fingerprint density at radius 2 is 1.93 bits per heavy atom. The molecule has 1 atom stereocenters. The molecular formula is C21H30N4O2. The molecule has 146 valence electrons. The van der Waals surface area contributed by atoms with Gasteiger partial charge in [0, 0.05) is 18.7 Å². The Kier molecular flexibility index (Phi) is 5.62. The van der Waals surface area contributed by atoms with E-state index in [1.165, 1.54) is 32.4 Å². The quantitative estimate of drug-likeness (QED) is 0.782. The minimum absolute atomic E-state index is 0.0549. The van der Waals surface area contributed by atoms with Crippen molar-refractivity contribution in [2.24, 2.45) is 0 Å². The third-order valence-corrected chi connectivity index (χ3v) is 6.02. The number of likely N-dealkylation sites (tertiary alicyclic amines) is 1. The molecule has 1 aromatic rings. The minimum atomic E-state index is -0.0635. The van der Waals surface area contributed by atoms with Gasteiger partial charge >= 0.3 is 0 Å². The van der Waals surface area contributed by atoms with Crippen molar-refractivity contribution in [3.05, 3.63) is 23.8 Å². The molecule has 3 aliphatic heterocycles. The number of benzene rings is 1. The van der Waals surface area contributed by atoms with Gasteiger partial charge in [0.25, 0.3) is 5.91 Å². The first-order chi connectivity index (χ1) is 13.2. The van der Waals surface area contributed by atoms with Crippen LogP contribution in [0.5, 0.6) is 0 Å². The van der Waals surface area contributed by atoms with Crippen molar-refractivity contribution in [1.82, 2.24) is 10.2 Å². The lowest BCUT2D eigenvalue weighted by Gasteiger charge is -2.41. The van der Waals surface area contributed by atoms with Gasteiger partial charge in [0.15, 0.2) is 0 Å². The first-order valence-corrected chi connectivity index (χ1v) is 10.4. The number of rotatable bonds is 5. The van der Waals surface area contributed by atoms with E-state index in [0.29, 0.717) is 12.1 Å². The van der Waals surface area contributed by atoms with Gasteiger partial charge in [-0.15, -0.1) is 0 Å². The van der Waals surface area contributed by atoms with Crippen molar-refractivity contribution in [3.63, 3.8) is 0 Å². The highest BCUT2D eigenvalue weighted by Gasteiger charge is 2.34. The van der Waals surface area contributed by atoms with Gasteiger partial charge in [-0.1, -0.05) is 6.42 Å².